The number of rotatable bonds is 5. The van der Waals surface area contributed by atoms with Gasteiger partial charge in [0.05, 0.1) is 5.56 Å². The molecular weight excluding hydrogens is 276 g/mol. The molecular formula is C14H10N2O5. The predicted molar refractivity (Wildman–Crippen MR) is 71.9 cm³/mol. The van der Waals surface area contributed by atoms with Crippen molar-refractivity contribution < 1.29 is 24.6 Å². The normalized spacial score (nSPS) is 10.5. The van der Waals surface area contributed by atoms with Crippen LogP contribution in [0.1, 0.15) is 20.7 Å². The van der Waals surface area contributed by atoms with E-state index in [2.05, 4.69) is 10.4 Å². The third-order valence-corrected chi connectivity index (χ3v) is 2.54. The van der Waals surface area contributed by atoms with Gasteiger partial charge in [0, 0.05) is 5.28 Å². The molecule has 0 aromatic heterocycles. The molecule has 0 aliphatic carbocycles. The van der Waals surface area contributed by atoms with Gasteiger partial charge in [-0.25, -0.2) is 9.59 Å². The summed E-state index contributed by atoms with van der Waals surface area (Å²) >= 11 is 0. The van der Waals surface area contributed by atoms with Crippen LogP contribution in [0.2, 0.25) is 0 Å². The maximum atomic E-state index is 11.0. The monoisotopic (exact) mass is 286 g/mol. The second-order valence-electron chi connectivity index (χ2n) is 3.90. The zero-order chi connectivity index (χ0) is 15.2. The van der Waals surface area contributed by atoms with Crippen LogP contribution in [0.4, 0.5) is 5.69 Å². The van der Waals surface area contributed by atoms with Crippen LogP contribution in [0, 0.1) is 0 Å². The van der Waals surface area contributed by atoms with Crippen molar-refractivity contribution in [3.63, 3.8) is 0 Å². The summed E-state index contributed by atoms with van der Waals surface area (Å²) in [7, 11) is 0. The Labute approximate surface area is 119 Å². The molecule has 0 spiro atoms. The minimum Gasteiger partial charge on any atom is -0.478 e. The van der Waals surface area contributed by atoms with E-state index in [9.17, 15) is 9.59 Å². The van der Waals surface area contributed by atoms with E-state index in [0.717, 1.165) is 0 Å². The number of para-hydroxylation sites is 1. The summed E-state index contributed by atoms with van der Waals surface area (Å²) in [6.07, 6.45) is 0. The summed E-state index contributed by atoms with van der Waals surface area (Å²) in [6, 6.07) is 11.9. The van der Waals surface area contributed by atoms with Crippen LogP contribution >= 0.6 is 0 Å². The molecule has 2 aromatic rings. The first-order valence-electron chi connectivity index (χ1n) is 5.82. The summed E-state index contributed by atoms with van der Waals surface area (Å²) < 4.78 is 0. The molecule has 0 unspecified atom stereocenters. The molecule has 0 saturated heterocycles. The maximum absolute atomic E-state index is 11.0. The lowest BCUT2D eigenvalue weighted by Gasteiger charge is -2.02. The number of carboxylic acid groups (broad SMARTS) is 2. The van der Waals surface area contributed by atoms with Crippen LogP contribution < -0.4 is 4.84 Å². The minimum atomic E-state index is -1.16. The summed E-state index contributed by atoms with van der Waals surface area (Å²) in [6.45, 7) is 0. The first-order chi connectivity index (χ1) is 10.1. The van der Waals surface area contributed by atoms with Crippen LogP contribution in [-0.2, 0) is 0 Å². The van der Waals surface area contributed by atoms with Gasteiger partial charge in [-0.05, 0) is 24.3 Å². The van der Waals surface area contributed by atoms with Crippen LogP contribution in [0.15, 0.2) is 58.9 Å². The van der Waals surface area contributed by atoms with Gasteiger partial charge in [-0.3, -0.25) is 0 Å². The molecule has 106 valence electrons. The summed E-state index contributed by atoms with van der Waals surface area (Å²) in [5.74, 6) is -2.29. The highest BCUT2D eigenvalue weighted by Gasteiger charge is 2.11. The second kappa shape index (κ2) is 6.29. The Morgan fingerprint density at radius 3 is 2.10 bits per heavy atom. The minimum absolute atomic E-state index is 0.0153. The van der Waals surface area contributed by atoms with Crippen molar-refractivity contribution in [2.24, 2.45) is 10.4 Å². The van der Waals surface area contributed by atoms with Gasteiger partial charge in [-0.1, -0.05) is 24.3 Å². The SMILES string of the molecule is O=C(O)c1ccccc1N=NOc1ccccc1C(=O)O. The number of carbonyl (C=O) groups is 2. The molecule has 0 heterocycles. The molecule has 2 aromatic carbocycles. The number of hydrogen-bond acceptors (Lipinski definition) is 5. The average Bonchev–Trinajstić information content (AvgIpc) is 2.48. The van der Waals surface area contributed by atoms with Crippen LogP contribution in [0.3, 0.4) is 0 Å². The van der Waals surface area contributed by atoms with Crippen LogP contribution in [-0.4, -0.2) is 22.2 Å². The van der Waals surface area contributed by atoms with E-state index in [1.807, 2.05) is 0 Å². The molecule has 0 amide bonds. The van der Waals surface area contributed by atoms with Crippen molar-refractivity contribution in [2.75, 3.05) is 0 Å². The van der Waals surface area contributed by atoms with E-state index in [-0.39, 0.29) is 22.6 Å². The smallest absolute Gasteiger partial charge is 0.339 e. The molecule has 0 aliphatic heterocycles. The molecule has 0 aliphatic rings. The van der Waals surface area contributed by atoms with Gasteiger partial charge >= 0.3 is 11.9 Å². The Balaban J connectivity index is 2.21. The van der Waals surface area contributed by atoms with Gasteiger partial charge in [0.1, 0.15) is 11.3 Å². The average molecular weight is 286 g/mol. The molecule has 0 radical (unpaired) electrons. The maximum Gasteiger partial charge on any atom is 0.339 e. The summed E-state index contributed by atoms with van der Waals surface area (Å²) in [5.41, 5.74) is 0.0112. The Morgan fingerprint density at radius 1 is 0.857 bits per heavy atom. The fraction of sp³-hybridized carbons (Fsp3) is 0. The molecule has 0 saturated carbocycles. The number of aromatic carboxylic acids is 2. The Kier molecular flexibility index (Phi) is 4.25. The fourth-order valence-electron chi connectivity index (χ4n) is 1.57. The predicted octanol–water partition coefficient (Wildman–Crippen LogP) is 3.16. The molecule has 2 rings (SSSR count). The largest absolute Gasteiger partial charge is 0.478 e. The van der Waals surface area contributed by atoms with Gasteiger partial charge in [0.15, 0.2) is 5.75 Å². The van der Waals surface area contributed by atoms with Crippen molar-refractivity contribution in [3.8, 4) is 5.75 Å². The van der Waals surface area contributed by atoms with Gasteiger partial charge in [0.2, 0.25) is 0 Å². The van der Waals surface area contributed by atoms with Crippen molar-refractivity contribution >= 4 is 17.6 Å². The quantitative estimate of drug-likeness (QED) is 0.648. The molecule has 0 bridgehead atoms. The lowest BCUT2D eigenvalue weighted by molar-refractivity contribution is 0.0684. The molecule has 7 nitrogen and oxygen atoms in total. The second-order valence-corrected chi connectivity index (χ2v) is 3.90. The highest BCUT2D eigenvalue weighted by molar-refractivity contribution is 5.93. The molecule has 7 heteroatoms. The highest BCUT2D eigenvalue weighted by Crippen LogP contribution is 2.21. The van der Waals surface area contributed by atoms with E-state index < -0.39 is 11.9 Å². The topological polar surface area (TPSA) is 109 Å². The van der Waals surface area contributed by atoms with Crippen molar-refractivity contribution in [1.29, 1.82) is 0 Å². The van der Waals surface area contributed by atoms with Crippen molar-refractivity contribution in [3.05, 3.63) is 59.7 Å². The first kappa shape index (κ1) is 14.2. The molecule has 0 atom stereocenters. The number of carboxylic acids is 2. The zero-order valence-corrected chi connectivity index (χ0v) is 10.6. The number of benzene rings is 2. The van der Waals surface area contributed by atoms with E-state index in [0.29, 0.717) is 0 Å². The van der Waals surface area contributed by atoms with E-state index in [4.69, 9.17) is 15.1 Å². The van der Waals surface area contributed by atoms with Crippen molar-refractivity contribution in [2.45, 2.75) is 0 Å². The van der Waals surface area contributed by atoms with Gasteiger partial charge < -0.3 is 15.1 Å². The van der Waals surface area contributed by atoms with Gasteiger partial charge in [-0.15, -0.1) is 5.11 Å². The Hall–Kier alpha value is -3.22. The molecule has 0 fully saturated rings. The third-order valence-electron chi connectivity index (χ3n) is 2.54. The number of nitrogens with zero attached hydrogens (tertiary/aromatic N) is 2. The highest BCUT2D eigenvalue weighted by atomic mass is 16.6. The van der Waals surface area contributed by atoms with Crippen LogP contribution in [0.25, 0.3) is 0 Å². The lowest BCUT2D eigenvalue weighted by Crippen LogP contribution is -1.99. The van der Waals surface area contributed by atoms with Crippen molar-refractivity contribution in [1.82, 2.24) is 0 Å². The van der Waals surface area contributed by atoms with Gasteiger partial charge in [0.25, 0.3) is 0 Å². The number of hydrogen-bond donors (Lipinski definition) is 2. The fourth-order valence-corrected chi connectivity index (χ4v) is 1.57. The van der Waals surface area contributed by atoms with Gasteiger partial charge in [-0.2, -0.15) is 0 Å². The Morgan fingerprint density at radius 2 is 1.43 bits per heavy atom. The van der Waals surface area contributed by atoms with E-state index in [1.165, 1.54) is 24.3 Å². The Bertz CT molecular complexity index is 712. The molecule has 21 heavy (non-hydrogen) atoms. The standard InChI is InChI=1S/C14H10N2O5/c17-13(18)9-5-1-3-7-11(9)15-16-21-12-8-4-2-6-10(12)14(19)20/h1-8H,(H,17,18)(H,19,20). The van der Waals surface area contributed by atoms with Crippen LogP contribution in [0.5, 0.6) is 5.75 Å². The summed E-state index contributed by atoms with van der Waals surface area (Å²) in [4.78, 5) is 26.9. The molecule has 2 N–H and O–H groups in total. The lowest BCUT2D eigenvalue weighted by atomic mass is 10.2. The van der Waals surface area contributed by atoms with E-state index in [1.54, 1.807) is 24.3 Å². The summed E-state index contributed by atoms with van der Waals surface area (Å²) in [5, 5.41) is 25.0. The third kappa shape index (κ3) is 3.41. The van der Waals surface area contributed by atoms with E-state index >= 15 is 0 Å². The first-order valence-corrected chi connectivity index (χ1v) is 5.82. The zero-order valence-electron chi connectivity index (χ0n) is 10.6.